The highest BCUT2D eigenvalue weighted by Crippen LogP contribution is 2.32. The van der Waals surface area contributed by atoms with Crippen molar-refractivity contribution in [2.75, 3.05) is 32.7 Å². The molecule has 0 unspecified atom stereocenters. The molecule has 2 heterocycles. The number of carbonyl (C=O) groups is 1. The Kier molecular flexibility index (Phi) is 6.13. The predicted octanol–water partition coefficient (Wildman–Crippen LogP) is 2.60. The van der Waals surface area contributed by atoms with Crippen LogP contribution in [0.3, 0.4) is 0 Å². The molecule has 2 aliphatic rings. The van der Waals surface area contributed by atoms with Crippen molar-refractivity contribution in [3.8, 4) is 0 Å². The van der Waals surface area contributed by atoms with E-state index in [-0.39, 0.29) is 11.1 Å². The molecule has 31 heavy (non-hydrogen) atoms. The van der Waals surface area contributed by atoms with E-state index in [1.807, 2.05) is 0 Å². The Labute approximate surface area is 178 Å². The highest BCUT2D eigenvalue weighted by Gasteiger charge is 2.36. The zero-order valence-electron chi connectivity index (χ0n) is 17.2. The molecule has 1 fully saturated rings. The molecular weight excluding hydrogens is 409 g/mol. The number of hydrogen-bond donors (Lipinski definition) is 0. The fraction of sp³-hybridized carbons (Fsp3) is 0.500. The van der Waals surface area contributed by atoms with Gasteiger partial charge in [0.25, 0.3) is 11.5 Å². The molecule has 0 radical (unpaired) electrons. The summed E-state index contributed by atoms with van der Waals surface area (Å²) in [7, 11) is 0. The van der Waals surface area contributed by atoms with Crippen molar-refractivity contribution in [1.29, 1.82) is 0 Å². The lowest BCUT2D eigenvalue weighted by Gasteiger charge is -2.35. The van der Waals surface area contributed by atoms with E-state index in [4.69, 9.17) is 0 Å². The van der Waals surface area contributed by atoms with Gasteiger partial charge in [-0.2, -0.15) is 18.3 Å². The number of benzene rings is 1. The average Bonchev–Trinajstić information content (AvgIpc) is 2.77. The van der Waals surface area contributed by atoms with Gasteiger partial charge in [0.1, 0.15) is 0 Å². The third-order valence-corrected chi connectivity index (χ3v) is 6.02. The molecule has 1 aliphatic carbocycles. The molecule has 2 aromatic rings. The first-order valence-electron chi connectivity index (χ1n) is 10.6. The van der Waals surface area contributed by atoms with Gasteiger partial charge in [-0.25, -0.2) is 4.68 Å². The first-order valence-corrected chi connectivity index (χ1v) is 10.6. The molecule has 0 atom stereocenters. The van der Waals surface area contributed by atoms with Gasteiger partial charge in [-0.1, -0.05) is 12.1 Å². The molecule has 4 rings (SSSR count). The van der Waals surface area contributed by atoms with Crippen LogP contribution in [0.5, 0.6) is 0 Å². The van der Waals surface area contributed by atoms with Crippen LogP contribution >= 0.6 is 0 Å². The smallest absolute Gasteiger partial charge is 0.336 e. The van der Waals surface area contributed by atoms with Gasteiger partial charge in [0, 0.05) is 38.8 Å². The number of aromatic nitrogens is 2. The van der Waals surface area contributed by atoms with Crippen molar-refractivity contribution < 1.29 is 18.0 Å². The number of carbonyl (C=O) groups excluding carboxylic acids is 1. The number of halogens is 3. The Bertz CT molecular complexity index is 1010. The fourth-order valence-electron chi connectivity index (χ4n) is 4.26. The zero-order chi connectivity index (χ0) is 22.0. The Balaban J connectivity index is 1.35. The number of hydrogen-bond acceptors (Lipinski definition) is 4. The minimum Gasteiger partial charge on any atom is -0.336 e. The van der Waals surface area contributed by atoms with Crippen LogP contribution in [0.4, 0.5) is 13.2 Å². The Morgan fingerprint density at radius 1 is 1.00 bits per heavy atom. The van der Waals surface area contributed by atoms with Crippen LogP contribution in [0.1, 0.15) is 40.0 Å². The number of fused-ring (bicyclic) bond motifs is 1. The Morgan fingerprint density at radius 2 is 1.71 bits per heavy atom. The third kappa shape index (κ3) is 4.81. The van der Waals surface area contributed by atoms with Gasteiger partial charge in [-0.15, -0.1) is 0 Å². The molecule has 1 saturated heterocycles. The molecule has 0 bridgehead atoms. The lowest BCUT2D eigenvalue weighted by molar-refractivity contribution is -0.138. The maximum Gasteiger partial charge on any atom is 0.417 e. The quantitative estimate of drug-likeness (QED) is 0.743. The van der Waals surface area contributed by atoms with Crippen LogP contribution in [0, 0.1) is 0 Å². The molecule has 0 saturated carbocycles. The highest BCUT2D eigenvalue weighted by atomic mass is 19.4. The topological polar surface area (TPSA) is 58.4 Å². The molecule has 1 amide bonds. The van der Waals surface area contributed by atoms with Crippen LogP contribution in [-0.2, 0) is 25.6 Å². The van der Waals surface area contributed by atoms with Gasteiger partial charge in [0.15, 0.2) is 0 Å². The summed E-state index contributed by atoms with van der Waals surface area (Å²) < 4.78 is 41.2. The molecule has 0 N–H and O–H groups in total. The van der Waals surface area contributed by atoms with Crippen LogP contribution in [0.15, 0.2) is 35.1 Å². The van der Waals surface area contributed by atoms with E-state index in [1.54, 1.807) is 6.07 Å². The van der Waals surface area contributed by atoms with E-state index in [2.05, 4.69) is 10.00 Å². The van der Waals surface area contributed by atoms with Gasteiger partial charge in [-0.05, 0) is 43.4 Å². The number of rotatable bonds is 4. The monoisotopic (exact) mass is 434 g/mol. The molecule has 9 heteroatoms. The first-order chi connectivity index (χ1) is 14.8. The first kappa shape index (κ1) is 21.5. The Morgan fingerprint density at radius 3 is 2.45 bits per heavy atom. The van der Waals surface area contributed by atoms with E-state index in [0.29, 0.717) is 39.3 Å². The number of aryl methyl sites for hydroxylation is 2. The summed E-state index contributed by atoms with van der Waals surface area (Å²) in [5, 5.41) is 4.52. The zero-order valence-corrected chi connectivity index (χ0v) is 17.2. The second kappa shape index (κ2) is 8.82. The van der Waals surface area contributed by atoms with Crippen molar-refractivity contribution in [3.63, 3.8) is 0 Å². The highest BCUT2D eigenvalue weighted by molar-refractivity contribution is 5.96. The summed E-state index contributed by atoms with van der Waals surface area (Å²) in [6.45, 7) is 2.83. The lowest BCUT2D eigenvalue weighted by Crippen LogP contribution is -2.50. The molecule has 1 aliphatic heterocycles. The van der Waals surface area contributed by atoms with Crippen molar-refractivity contribution in [2.24, 2.45) is 0 Å². The van der Waals surface area contributed by atoms with Gasteiger partial charge in [0.05, 0.1) is 23.4 Å². The van der Waals surface area contributed by atoms with Crippen LogP contribution in [0.2, 0.25) is 0 Å². The van der Waals surface area contributed by atoms with E-state index in [1.165, 1.54) is 27.8 Å². The normalized spacial score (nSPS) is 17.5. The Hall–Kier alpha value is -2.68. The second-order valence-electron chi connectivity index (χ2n) is 8.06. The lowest BCUT2D eigenvalue weighted by atomic mass is 9.97. The van der Waals surface area contributed by atoms with Crippen molar-refractivity contribution in [2.45, 2.75) is 38.4 Å². The molecule has 6 nitrogen and oxygen atoms in total. The van der Waals surface area contributed by atoms with Crippen molar-refractivity contribution in [3.05, 3.63) is 63.1 Å². The maximum absolute atomic E-state index is 13.2. The minimum absolute atomic E-state index is 0.0989. The minimum atomic E-state index is -4.57. The number of amides is 1. The number of nitrogens with zero attached hydrogens (tertiary/aromatic N) is 4. The largest absolute Gasteiger partial charge is 0.417 e. The van der Waals surface area contributed by atoms with Crippen LogP contribution in [0.25, 0.3) is 0 Å². The van der Waals surface area contributed by atoms with E-state index >= 15 is 0 Å². The molecule has 1 aromatic heterocycles. The van der Waals surface area contributed by atoms with Crippen molar-refractivity contribution >= 4 is 5.91 Å². The summed E-state index contributed by atoms with van der Waals surface area (Å²) in [6.07, 6.45) is -0.578. The molecule has 0 spiro atoms. The van der Waals surface area contributed by atoms with Crippen LogP contribution < -0.4 is 5.56 Å². The van der Waals surface area contributed by atoms with Crippen molar-refractivity contribution in [1.82, 2.24) is 19.6 Å². The molecular formula is C22H25F3N4O2. The average molecular weight is 434 g/mol. The predicted molar refractivity (Wildman–Crippen MR) is 109 cm³/mol. The van der Waals surface area contributed by atoms with Gasteiger partial charge < -0.3 is 4.90 Å². The SMILES string of the molecule is O=C(c1ccccc1C(F)(F)F)N1CCN(CCn2nc3c(cc2=O)CCCC3)CC1. The van der Waals surface area contributed by atoms with Crippen LogP contribution in [-0.4, -0.2) is 58.2 Å². The van der Waals surface area contributed by atoms with Gasteiger partial charge in [0.2, 0.25) is 0 Å². The summed E-state index contributed by atoms with van der Waals surface area (Å²) in [5.74, 6) is -0.597. The summed E-state index contributed by atoms with van der Waals surface area (Å²) in [5.41, 5.74) is 0.745. The third-order valence-electron chi connectivity index (χ3n) is 6.02. The van der Waals surface area contributed by atoms with Gasteiger partial charge >= 0.3 is 6.18 Å². The number of alkyl halides is 3. The fourth-order valence-corrected chi connectivity index (χ4v) is 4.26. The molecule has 1 aromatic carbocycles. The van der Waals surface area contributed by atoms with E-state index in [9.17, 15) is 22.8 Å². The maximum atomic E-state index is 13.2. The molecule has 166 valence electrons. The number of piperazine rings is 1. The van der Waals surface area contributed by atoms with E-state index in [0.717, 1.165) is 43.0 Å². The summed E-state index contributed by atoms with van der Waals surface area (Å²) in [6, 6.07) is 6.59. The standard InChI is InChI=1S/C22H25F3N4O2/c23-22(24,25)18-7-3-2-6-17(18)21(31)28-12-9-27(10-13-28)11-14-29-20(30)15-16-5-1-4-8-19(16)26-29/h2-3,6-7,15H,1,4-5,8-14H2. The van der Waals surface area contributed by atoms with Gasteiger partial charge in [-0.3, -0.25) is 14.5 Å². The van der Waals surface area contributed by atoms with E-state index < -0.39 is 17.6 Å². The summed E-state index contributed by atoms with van der Waals surface area (Å²) >= 11 is 0. The second-order valence-corrected chi connectivity index (χ2v) is 8.06. The summed E-state index contributed by atoms with van der Waals surface area (Å²) in [4.78, 5) is 28.6.